The molecule has 35 heavy (non-hydrogen) atoms. The molecule has 3 fully saturated rings. The van der Waals surface area contributed by atoms with Crippen LogP contribution in [0.5, 0.6) is 0 Å². The number of likely N-dealkylation sites (tertiary alicyclic amines) is 1. The largest absolute Gasteiger partial charge is 0.388 e. The van der Waals surface area contributed by atoms with Crippen LogP contribution in [0.2, 0.25) is 5.02 Å². The molecule has 6 rings (SSSR count). The van der Waals surface area contributed by atoms with Crippen molar-refractivity contribution in [1.82, 2.24) is 24.5 Å². The zero-order valence-electron chi connectivity index (χ0n) is 18.6. The van der Waals surface area contributed by atoms with Crippen LogP contribution in [0.1, 0.15) is 30.1 Å². The maximum Gasteiger partial charge on any atom is 0.275 e. The predicted octanol–water partition coefficient (Wildman–Crippen LogP) is 2.88. The smallest absolute Gasteiger partial charge is 0.275 e. The zero-order valence-corrected chi connectivity index (χ0v) is 19.4. The molecule has 0 spiro atoms. The minimum atomic E-state index is -0.813. The minimum Gasteiger partial charge on any atom is -0.388 e. The SMILES string of the molecule is [C-]#[N+]c1cnc2c(NC3CC3)nc(Nc3cc(C#N)cc(C(O)C4CN(C5COC5)C4)c3Cl)nn12. The van der Waals surface area contributed by atoms with Crippen molar-refractivity contribution in [3.63, 3.8) is 0 Å². The van der Waals surface area contributed by atoms with Gasteiger partial charge in [-0.15, -0.1) is 4.52 Å². The second kappa shape index (κ2) is 8.63. The summed E-state index contributed by atoms with van der Waals surface area (Å²) in [7, 11) is 0. The Morgan fingerprint density at radius 2 is 2.11 bits per heavy atom. The highest BCUT2D eigenvalue weighted by molar-refractivity contribution is 6.34. The molecule has 1 unspecified atom stereocenters. The van der Waals surface area contributed by atoms with Gasteiger partial charge in [-0.2, -0.15) is 10.2 Å². The number of fused-ring (bicyclic) bond motifs is 1. The zero-order chi connectivity index (χ0) is 24.1. The summed E-state index contributed by atoms with van der Waals surface area (Å²) in [6, 6.07) is 6.11. The third-order valence-corrected chi connectivity index (χ3v) is 7.12. The van der Waals surface area contributed by atoms with E-state index in [1.54, 1.807) is 12.1 Å². The van der Waals surface area contributed by atoms with Crippen LogP contribution in [0.4, 0.5) is 23.3 Å². The van der Waals surface area contributed by atoms with E-state index in [9.17, 15) is 10.4 Å². The first-order chi connectivity index (χ1) is 17.0. The molecule has 178 valence electrons. The Bertz CT molecular complexity index is 1380. The topological polar surface area (TPSA) is 128 Å². The van der Waals surface area contributed by atoms with Gasteiger partial charge in [0, 0.05) is 30.6 Å². The molecular weight excluding hydrogens is 470 g/mol. The first-order valence-corrected chi connectivity index (χ1v) is 11.8. The second-order valence-electron chi connectivity index (χ2n) is 9.18. The summed E-state index contributed by atoms with van der Waals surface area (Å²) in [6.45, 7) is 10.4. The monoisotopic (exact) mass is 491 g/mol. The number of benzene rings is 1. The van der Waals surface area contributed by atoms with E-state index in [2.05, 4.69) is 41.5 Å². The Kier molecular flexibility index (Phi) is 5.43. The Morgan fingerprint density at radius 1 is 1.31 bits per heavy atom. The summed E-state index contributed by atoms with van der Waals surface area (Å²) in [4.78, 5) is 14.6. The number of hydrogen-bond donors (Lipinski definition) is 3. The van der Waals surface area contributed by atoms with Gasteiger partial charge in [-0.3, -0.25) is 4.90 Å². The average Bonchev–Trinajstić information content (AvgIpc) is 3.51. The average molecular weight is 492 g/mol. The van der Waals surface area contributed by atoms with Gasteiger partial charge in [0.05, 0.1) is 53.9 Å². The first kappa shape index (κ1) is 22.0. The third kappa shape index (κ3) is 4.03. The number of aliphatic hydroxyl groups is 1. The molecule has 1 aliphatic carbocycles. The van der Waals surface area contributed by atoms with Crippen molar-refractivity contribution in [2.75, 3.05) is 36.9 Å². The lowest BCUT2D eigenvalue weighted by Crippen LogP contribution is -2.60. The maximum atomic E-state index is 11.1. The fourth-order valence-corrected chi connectivity index (χ4v) is 4.66. The van der Waals surface area contributed by atoms with Crippen molar-refractivity contribution in [3.8, 4) is 6.07 Å². The molecule has 4 heterocycles. The number of imidazole rings is 1. The van der Waals surface area contributed by atoms with Crippen LogP contribution < -0.4 is 10.6 Å². The van der Waals surface area contributed by atoms with Crippen LogP contribution in [-0.2, 0) is 4.74 Å². The summed E-state index contributed by atoms with van der Waals surface area (Å²) in [5.41, 5.74) is 1.72. The molecule has 1 aromatic carbocycles. The number of ether oxygens (including phenoxy) is 1. The number of nitriles is 1. The number of halogens is 1. The highest BCUT2D eigenvalue weighted by atomic mass is 35.5. The number of hydrogen-bond acceptors (Lipinski definition) is 9. The van der Waals surface area contributed by atoms with Gasteiger partial charge in [0.1, 0.15) is 0 Å². The summed E-state index contributed by atoms with van der Waals surface area (Å²) in [5, 5.41) is 31.8. The molecule has 3 aliphatic rings. The molecule has 2 aliphatic heterocycles. The van der Waals surface area contributed by atoms with Gasteiger partial charge >= 0.3 is 0 Å². The molecule has 0 amide bonds. The predicted molar refractivity (Wildman–Crippen MR) is 128 cm³/mol. The van der Waals surface area contributed by atoms with E-state index in [-0.39, 0.29) is 17.7 Å². The number of rotatable bonds is 7. The Hall–Kier alpha value is -3.48. The van der Waals surface area contributed by atoms with E-state index < -0.39 is 6.10 Å². The van der Waals surface area contributed by atoms with Crippen LogP contribution >= 0.6 is 11.6 Å². The number of anilines is 3. The van der Waals surface area contributed by atoms with E-state index >= 15 is 0 Å². The molecular formula is C23H22ClN9O2. The molecule has 0 radical (unpaired) electrons. The highest BCUT2D eigenvalue weighted by Gasteiger charge is 2.40. The lowest BCUT2D eigenvalue weighted by molar-refractivity contribution is -0.120. The molecule has 1 saturated carbocycles. The fraction of sp³-hybridized carbons (Fsp3) is 0.435. The summed E-state index contributed by atoms with van der Waals surface area (Å²) in [6.07, 6.45) is 2.72. The van der Waals surface area contributed by atoms with Crippen molar-refractivity contribution in [3.05, 3.63) is 45.9 Å². The van der Waals surface area contributed by atoms with E-state index in [4.69, 9.17) is 22.9 Å². The minimum absolute atomic E-state index is 0.0176. The fourth-order valence-electron chi connectivity index (χ4n) is 4.39. The molecule has 12 heteroatoms. The Labute approximate surface area is 206 Å². The molecule has 3 aromatic rings. The molecule has 3 N–H and O–H groups in total. The number of aliphatic hydroxyl groups excluding tert-OH is 1. The third-order valence-electron chi connectivity index (χ3n) is 6.69. The Morgan fingerprint density at radius 3 is 2.77 bits per heavy atom. The van der Waals surface area contributed by atoms with Crippen molar-refractivity contribution in [1.29, 1.82) is 5.26 Å². The van der Waals surface area contributed by atoms with Crippen LogP contribution in [0, 0.1) is 23.8 Å². The maximum absolute atomic E-state index is 11.1. The van der Waals surface area contributed by atoms with E-state index in [0.717, 1.165) is 39.1 Å². The number of nitrogens with zero attached hydrogens (tertiary/aromatic N) is 7. The molecule has 2 saturated heterocycles. The molecule has 1 atom stereocenters. The normalized spacial score (nSPS) is 19.4. The van der Waals surface area contributed by atoms with Gasteiger partial charge in [-0.05, 0) is 25.0 Å². The second-order valence-corrected chi connectivity index (χ2v) is 9.56. The Balaban J connectivity index is 1.31. The van der Waals surface area contributed by atoms with Crippen LogP contribution in [-0.4, -0.2) is 68.0 Å². The molecule has 2 aromatic heterocycles. The summed E-state index contributed by atoms with van der Waals surface area (Å²) >= 11 is 6.73. The van der Waals surface area contributed by atoms with Crippen LogP contribution in [0.25, 0.3) is 10.5 Å². The van der Waals surface area contributed by atoms with E-state index in [0.29, 0.717) is 45.4 Å². The van der Waals surface area contributed by atoms with Crippen LogP contribution in [0.15, 0.2) is 18.3 Å². The first-order valence-electron chi connectivity index (χ1n) is 11.4. The van der Waals surface area contributed by atoms with Gasteiger partial charge < -0.3 is 25.3 Å². The van der Waals surface area contributed by atoms with Gasteiger partial charge in [0.25, 0.3) is 17.4 Å². The van der Waals surface area contributed by atoms with E-state index in [1.165, 1.54) is 10.7 Å². The molecule has 11 nitrogen and oxygen atoms in total. The van der Waals surface area contributed by atoms with Crippen molar-refractivity contribution in [2.45, 2.75) is 31.0 Å². The highest BCUT2D eigenvalue weighted by Crippen LogP contribution is 2.39. The van der Waals surface area contributed by atoms with E-state index in [1.807, 2.05) is 0 Å². The van der Waals surface area contributed by atoms with Gasteiger partial charge in [-0.25, -0.2) is 4.98 Å². The van der Waals surface area contributed by atoms with Crippen molar-refractivity contribution in [2.24, 2.45) is 5.92 Å². The molecule has 0 bridgehead atoms. The quantitative estimate of drug-likeness (QED) is 0.427. The van der Waals surface area contributed by atoms with Gasteiger partial charge in [0.15, 0.2) is 5.82 Å². The van der Waals surface area contributed by atoms with Gasteiger partial charge in [-0.1, -0.05) is 23.3 Å². The summed E-state index contributed by atoms with van der Waals surface area (Å²) < 4.78 is 6.68. The lowest BCUT2D eigenvalue weighted by Gasteiger charge is -2.49. The summed E-state index contributed by atoms with van der Waals surface area (Å²) in [5.74, 6) is 0.982. The number of nitrogens with one attached hydrogen (secondary N) is 2. The standard InChI is InChI=1S/C23H22ClN9O2/c1-26-18-7-27-22-21(28-14-2-3-14)30-23(31-33(18)22)29-17-5-12(6-25)4-16(19(17)24)20(34)13-8-32(9-13)15-10-35-11-15/h4-5,7,13-15,20,34H,2-3,8-11H2,(H2,28,29,30,31). The van der Waals surface area contributed by atoms with Crippen molar-refractivity contribution >= 4 is 40.5 Å². The lowest BCUT2D eigenvalue weighted by atomic mass is 9.87. The van der Waals surface area contributed by atoms with Crippen molar-refractivity contribution < 1.29 is 9.84 Å². The van der Waals surface area contributed by atoms with Crippen LogP contribution in [0.3, 0.4) is 0 Å². The number of aromatic nitrogens is 4. The van der Waals surface area contributed by atoms with Gasteiger partial charge in [0.2, 0.25) is 0 Å².